The predicted molar refractivity (Wildman–Crippen MR) is 127 cm³/mol. The molecule has 176 valence electrons. The normalized spacial score (nSPS) is 13.0. The van der Waals surface area contributed by atoms with Crippen LogP contribution in [0.2, 0.25) is 0 Å². The molecule has 5 nitrogen and oxygen atoms in total. The fraction of sp³-hybridized carbons (Fsp3) is 0.840. The lowest BCUT2D eigenvalue weighted by molar-refractivity contribution is -0.121. The van der Waals surface area contributed by atoms with Crippen LogP contribution in [0.5, 0.6) is 0 Å². The number of hydrogen-bond acceptors (Lipinski definition) is 4. The van der Waals surface area contributed by atoms with Gasteiger partial charge in [0.25, 0.3) is 0 Å². The molecular formula is C25H48N2O3. The molecule has 0 spiro atoms. The molecule has 0 aliphatic rings. The van der Waals surface area contributed by atoms with Gasteiger partial charge in [-0.1, -0.05) is 51.2 Å². The van der Waals surface area contributed by atoms with Gasteiger partial charge in [0.2, 0.25) is 5.91 Å². The van der Waals surface area contributed by atoms with Crippen LogP contribution in [-0.4, -0.2) is 42.5 Å². The molecule has 0 saturated heterocycles. The Hall–Kier alpha value is -1.20. The SMILES string of the molecule is CCC(=O)CCCCCCCNCC(O)CNC(=O)CCCC(C)CCC=C(C)C. The molecule has 5 heteroatoms. The van der Waals surface area contributed by atoms with E-state index in [1.54, 1.807) is 0 Å². The Balaban J connectivity index is 3.50. The minimum Gasteiger partial charge on any atom is -0.390 e. The topological polar surface area (TPSA) is 78.4 Å². The fourth-order valence-electron chi connectivity index (χ4n) is 3.35. The van der Waals surface area contributed by atoms with E-state index < -0.39 is 6.10 Å². The summed E-state index contributed by atoms with van der Waals surface area (Å²) in [6.07, 6.45) is 13.4. The predicted octanol–water partition coefficient (Wildman–Crippen LogP) is 4.93. The summed E-state index contributed by atoms with van der Waals surface area (Å²) in [6.45, 7) is 10.1. The minimum absolute atomic E-state index is 0.0344. The van der Waals surface area contributed by atoms with E-state index in [2.05, 4.69) is 37.5 Å². The van der Waals surface area contributed by atoms with Crippen molar-refractivity contribution in [3.63, 3.8) is 0 Å². The van der Waals surface area contributed by atoms with E-state index in [0.29, 0.717) is 37.6 Å². The van der Waals surface area contributed by atoms with Gasteiger partial charge in [0, 0.05) is 32.4 Å². The van der Waals surface area contributed by atoms with Crippen molar-refractivity contribution in [3.05, 3.63) is 11.6 Å². The van der Waals surface area contributed by atoms with Crippen LogP contribution in [0.4, 0.5) is 0 Å². The smallest absolute Gasteiger partial charge is 0.220 e. The van der Waals surface area contributed by atoms with Crippen molar-refractivity contribution in [1.29, 1.82) is 0 Å². The van der Waals surface area contributed by atoms with Crippen molar-refractivity contribution in [2.24, 2.45) is 5.92 Å². The average molecular weight is 425 g/mol. The van der Waals surface area contributed by atoms with Crippen LogP contribution in [0.25, 0.3) is 0 Å². The Kier molecular flexibility index (Phi) is 19.0. The van der Waals surface area contributed by atoms with Gasteiger partial charge in [0.1, 0.15) is 5.78 Å². The summed E-state index contributed by atoms with van der Waals surface area (Å²) in [7, 11) is 0. The summed E-state index contributed by atoms with van der Waals surface area (Å²) in [4.78, 5) is 23.1. The maximum absolute atomic E-state index is 11.9. The Morgan fingerprint density at radius 3 is 2.33 bits per heavy atom. The Morgan fingerprint density at radius 2 is 1.63 bits per heavy atom. The van der Waals surface area contributed by atoms with Crippen molar-refractivity contribution >= 4 is 11.7 Å². The van der Waals surface area contributed by atoms with Crippen molar-refractivity contribution in [2.75, 3.05) is 19.6 Å². The zero-order valence-corrected chi connectivity index (χ0v) is 20.1. The third-order valence-electron chi connectivity index (χ3n) is 5.43. The second kappa shape index (κ2) is 19.7. The van der Waals surface area contributed by atoms with Crippen LogP contribution in [0.3, 0.4) is 0 Å². The highest BCUT2D eigenvalue weighted by Crippen LogP contribution is 2.15. The Bertz CT molecular complexity index is 473. The van der Waals surface area contributed by atoms with E-state index in [1.807, 2.05) is 6.92 Å². The van der Waals surface area contributed by atoms with Crippen molar-refractivity contribution in [1.82, 2.24) is 10.6 Å². The molecule has 0 saturated carbocycles. The summed E-state index contributed by atoms with van der Waals surface area (Å²) in [5.74, 6) is 1.04. The first-order chi connectivity index (χ1) is 14.3. The van der Waals surface area contributed by atoms with Crippen LogP contribution < -0.4 is 10.6 Å². The summed E-state index contributed by atoms with van der Waals surface area (Å²) in [6, 6.07) is 0. The number of unbranched alkanes of at least 4 members (excludes halogenated alkanes) is 4. The molecule has 30 heavy (non-hydrogen) atoms. The van der Waals surface area contributed by atoms with E-state index in [1.165, 1.54) is 12.0 Å². The number of carbonyl (C=O) groups is 2. The van der Waals surface area contributed by atoms with E-state index >= 15 is 0 Å². The van der Waals surface area contributed by atoms with Crippen LogP contribution in [0.15, 0.2) is 11.6 Å². The number of amides is 1. The van der Waals surface area contributed by atoms with Crippen LogP contribution in [0, 0.1) is 5.92 Å². The molecule has 0 aliphatic carbocycles. The van der Waals surface area contributed by atoms with Crippen LogP contribution in [0.1, 0.15) is 105 Å². The Morgan fingerprint density at radius 1 is 0.933 bits per heavy atom. The summed E-state index contributed by atoms with van der Waals surface area (Å²) in [5, 5.41) is 16.1. The number of nitrogens with one attached hydrogen (secondary N) is 2. The third kappa shape index (κ3) is 20.1. The van der Waals surface area contributed by atoms with Gasteiger partial charge in [-0.25, -0.2) is 0 Å². The number of aliphatic hydroxyl groups is 1. The highest BCUT2D eigenvalue weighted by Gasteiger charge is 2.08. The molecule has 0 aromatic rings. The number of aliphatic hydroxyl groups excluding tert-OH is 1. The zero-order chi connectivity index (χ0) is 22.6. The number of ketones is 1. The number of rotatable bonds is 20. The zero-order valence-electron chi connectivity index (χ0n) is 20.1. The van der Waals surface area contributed by atoms with Gasteiger partial charge in [0.15, 0.2) is 0 Å². The van der Waals surface area contributed by atoms with E-state index in [-0.39, 0.29) is 5.91 Å². The minimum atomic E-state index is -0.544. The van der Waals surface area contributed by atoms with Gasteiger partial charge in [0.05, 0.1) is 6.10 Å². The lowest BCUT2D eigenvalue weighted by Crippen LogP contribution is -2.38. The van der Waals surface area contributed by atoms with E-state index in [4.69, 9.17) is 0 Å². The molecule has 2 atom stereocenters. The molecule has 0 heterocycles. The standard InChI is InChI=1S/C25H48N2O3/c1-5-23(28)16-9-7-6-8-10-18-26-19-24(29)20-27-25(30)17-12-15-22(4)14-11-13-21(2)3/h13,22,24,26,29H,5-12,14-20H2,1-4H3,(H,27,30). The van der Waals surface area contributed by atoms with Crippen molar-refractivity contribution in [3.8, 4) is 0 Å². The molecule has 0 bridgehead atoms. The highest BCUT2D eigenvalue weighted by atomic mass is 16.3. The first kappa shape index (κ1) is 28.8. The first-order valence-electron chi connectivity index (χ1n) is 12.2. The van der Waals surface area contributed by atoms with E-state index in [0.717, 1.165) is 64.3 Å². The molecule has 0 aromatic carbocycles. The second-order valence-electron chi connectivity index (χ2n) is 8.93. The molecule has 0 aliphatic heterocycles. The van der Waals surface area contributed by atoms with Gasteiger partial charge >= 0.3 is 0 Å². The van der Waals surface area contributed by atoms with Gasteiger partial charge < -0.3 is 15.7 Å². The summed E-state index contributed by atoms with van der Waals surface area (Å²) < 4.78 is 0. The molecule has 0 radical (unpaired) electrons. The van der Waals surface area contributed by atoms with Gasteiger partial charge in [-0.2, -0.15) is 0 Å². The van der Waals surface area contributed by atoms with Crippen LogP contribution in [-0.2, 0) is 9.59 Å². The molecular weight excluding hydrogens is 376 g/mol. The lowest BCUT2D eigenvalue weighted by Gasteiger charge is -2.14. The summed E-state index contributed by atoms with van der Waals surface area (Å²) >= 11 is 0. The molecule has 2 unspecified atom stereocenters. The number of Topliss-reactive ketones (excluding diaryl/α,β-unsaturated/α-hetero) is 1. The Labute approximate surface area is 185 Å². The van der Waals surface area contributed by atoms with Gasteiger partial charge in [-0.15, -0.1) is 0 Å². The van der Waals surface area contributed by atoms with Crippen molar-refractivity contribution < 1.29 is 14.7 Å². The largest absolute Gasteiger partial charge is 0.390 e. The number of allylic oxidation sites excluding steroid dienone is 2. The van der Waals surface area contributed by atoms with E-state index in [9.17, 15) is 14.7 Å². The molecule has 0 aromatic heterocycles. The summed E-state index contributed by atoms with van der Waals surface area (Å²) in [5.41, 5.74) is 1.37. The average Bonchev–Trinajstić information content (AvgIpc) is 2.70. The number of carbonyl (C=O) groups excluding carboxylic acids is 2. The first-order valence-corrected chi connectivity index (χ1v) is 12.2. The second-order valence-corrected chi connectivity index (χ2v) is 8.93. The van der Waals surface area contributed by atoms with Crippen molar-refractivity contribution in [2.45, 2.75) is 111 Å². The molecule has 3 N–H and O–H groups in total. The fourth-order valence-corrected chi connectivity index (χ4v) is 3.35. The monoisotopic (exact) mass is 424 g/mol. The van der Waals surface area contributed by atoms with Gasteiger partial charge in [-0.3, -0.25) is 9.59 Å². The highest BCUT2D eigenvalue weighted by molar-refractivity contribution is 5.77. The molecule has 1 amide bonds. The maximum atomic E-state index is 11.9. The molecule has 0 fully saturated rings. The molecule has 0 rings (SSSR count). The maximum Gasteiger partial charge on any atom is 0.220 e. The number of hydrogen-bond donors (Lipinski definition) is 3. The van der Waals surface area contributed by atoms with Crippen LogP contribution >= 0.6 is 0 Å². The third-order valence-corrected chi connectivity index (χ3v) is 5.43. The van der Waals surface area contributed by atoms with Gasteiger partial charge in [-0.05, 0) is 58.4 Å². The lowest BCUT2D eigenvalue weighted by atomic mass is 9.98. The quantitative estimate of drug-likeness (QED) is 0.191.